The molecule has 2 unspecified atom stereocenters. The van der Waals surface area contributed by atoms with Gasteiger partial charge in [-0.15, -0.1) is 0 Å². The van der Waals surface area contributed by atoms with Crippen molar-refractivity contribution in [2.24, 2.45) is 0 Å². The lowest BCUT2D eigenvalue weighted by molar-refractivity contribution is 0.0255. The summed E-state index contributed by atoms with van der Waals surface area (Å²) in [6, 6.07) is 0.213. The van der Waals surface area contributed by atoms with Gasteiger partial charge in [0.05, 0.1) is 15.7 Å². The minimum absolute atomic E-state index is 0.213. The van der Waals surface area contributed by atoms with Gasteiger partial charge in [0.2, 0.25) is 0 Å². The Hall–Kier alpha value is -0.880. The number of carbonyl (C=O) groups is 1. The third-order valence-electron chi connectivity index (χ3n) is 3.84. The molecule has 2 atom stereocenters. The van der Waals surface area contributed by atoms with Crippen LogP contribution < -0.4 is 4.72 Å². The smallest absolute Gasteiger partial charge is 0.414 e. The number of hydrogen-bond acceptors (Lipinski definition) is 3. The molecule has 2 rings (SSSR count). The second-order valence-electron chi connectivity index (χ2n) is 8.00. The standard InChI is InChI=1S/C16H28N2O3S/c1-15(2,3)21-14(19)18-12-8-7-11(9-12)13(18)10-17-22(20)16(4,5)6/h12,17H,7-10H2,1-6H3. The average molecular weight is 328 g/mol. The van der Waals surface area contributed by atoms with Crippen molar-refractivity contribution < 1.29 is 13.7 Å². The summed E-state index contributed by atoms with van der Waals surface area (Å²) >= 11 is 0. The summed E-state index contributed by atoms with van der Waals surface area (Å²) in [5.41, 5.74) is 1.76. The normalized spacial score (nSPS) is 23.2. The zero-order chi connectivity index (χ0) is 16.7. The summed E-state index contributed by atoms with van der Waals surface area (Å²) in [5.74, 6) is 0. The maximum atomic E-state index is 12.5. The largest absolute Gasteiger partial charge is 0.443 e. The molecule has 2 aliphatic rings. The van der Waals surface area contributed by atoms with Crippen LogP contribution in [0.4, 0.5) is 4.79 Å². The maximum absolute atomic E-state index is 12.5. The molecule has 0 aromatic heterocycles. The highest BCUT2D eigenvalue weighted by molar-refractivity contribution is 7.84. The van der Waals surface area contributed by atoms with Crippen LogP contribution in [-0.4, -0.2) is 38.1 Å². The molecule has 1 saturated carbocycles. The SMILES string of the molecule is CC(C)(C)OC(=O)N1C(CNS(=O)C(C)(C)C)=C2CCC1C2. The predicted molar refractivity (Wildman–Crippen MR) is 88.6 cm³/mol. The molecule has 0 radical (unpaired) electrons. The van der Waals surface area contributed by atoms with E-state index in [1.165, 1.54) is 5.57 Å². The van der Waals surface area contributed by atoms with Gasteiger partial charge in [0, 0.05) is 18.3 Å². The molecular formula is C16H28N2O3S. The second-order valence-corrected chi connectivity index (χ2v) is 10.1. The van der Waals surface area contributed by atoms with Crippen molar-refractivity contribution in [1.29, 1.82) is 0 Å². The number of amides is 1. The Bertz CT molecular complexity index is 514. The molecule has 0 saturated heterocycles. The summed E-state index contributed by atoms with van der Waals surface area (Å²) in [6.07, 6.45) is 2.67. The van der Waals surface area contributed by atoms with Gasteiger partial charge in [-0.05, 0) is 66.4 Å². The Morgan fingerprint density at radius 2 is 1.95 bits per heavy atom. The number of carbonyl (C=O) groups excluding carboxylic acids is 1. The van der Waals surface area contributed by atoms with Crippen molar-refractivity contribution in [2.75, 3.05) is 6.54 Å². The van der Waals surface area contributed by atoms with Crippen LogP contribution in [0.1, 0.15) is 60.8 Å². The zero-order valence-electron chi connectivity index (χ0n) is 14.5. The number of hydrogen-bond donors (Lipinski definition) is 1. The average Bonchev–Trinajstić information content (AvgIpc) is 2.92. The van der Waals surface area contributed by atoms with Crippen molar-refractivity contribution in [3.63, 3.8) is 0 Å². The van der Waals surface area contributed by atoms with Gasteiger partial charge in [-0.2, -0.15) is 0 Å². The molecule has 1 aliphatic carbocycles. The van der Waals surface area contributed by atoms with E-state index in [1.807, 2.05) is 41.5 Å². The fourth-order valence-electron chi connectivity index (χ4n) is 2.83. The lowest BCUT2D eigenvalue weighted by atomic mass is 10.1. The molecule has 1 aliphatic heterocycles. The molecule has 0 aromatic rings. The van der Waals surface area contributed by atoms with Crippen molar-refractivity contribution in [1.82, 2.24) is 9.62 Å². The van der Waals surface area contributed by atoms with Crippen molar-refractivity contribution in [3.8, 4) is 0 Å². The molecular weight excluding hydrogens is 300 g/mol. The Morgan fingerprint density at radius 3 is 2.50 bits per heavy atom. The van der Waals surface area contributed by atoms with Crippen molar-refractivity contribution in [2.45, 2.75) is 77.2 Å². The topological polar surface area (TPSA) is 58.6 Å². The first-order valence-corrected chi connectivity index (χ1v) is 9.02. The maximum Gasteiger partial charge on any atom is 0.414 e. The number of nitrogens with zero attached hydrogens (tertiary/aromatic N) is 1. The number of fused-ring (bicyclic) bond motifs is 2. The highest BCUT2D eigenvalue weighted by atomic mass is 32.2. The molecule has 0 aromatic carbocycles. The first-order valence-electron chi connectivity index (χ1n) is 7.87. The lowest BCUT2D eigenvalue weighted by Crippen LogP contribution is -2.44. The number of nitrogens with one attached hydrogen (secondary N) is 1. The van der Waals surface area contributed by atoms with E-state index in [-0.39, 0.29) is 16.9 Å². The molecule has 5 nitrogen and oxygen atoms in total. The van der Waals surface area contributed by atoms with Crippen LogP contribution in [0.15, 0.2) is 11.3 Å². The van der Waals surface area contributed by atoms with E-state index in [2.05, 4.69) is 4.72 Å². The van der Waals surface area contributed by atoms with Gasteiger partial charge in [0.15, 0.2) is 0 Å². The molecule has 22 heavy (non-hydrogen) atoms. The van der Waals surface area contributed by atoms with Crippen LogP contribution in [0, 0.1) is 0 Å². The fraction of sp³-hybridized carbons (Fsp3) is 0.812. The van der Waals surface area contributed by atoms with Gasteiger partial charge in [0.25, 0.3) is 0 Å². The Morgan fingerprint density at radius 1 is 1.32 bits per heavy atom. The molecule has 1 N–H and O–H groups in total. The molecule has 6 heteroatoms. The minimum atomic E-state index is -1.15. The van der Waals surface area contributed by atoms with Crippen LogP contribution in [-0.2, 0) is 15.7 Å². The van der Waals surface area contributed by atoms with Crippen LogP contribution in [0.2, 0.25) is 0 Å². The molecule has 1 heterocycles. The van der Waals surface area contributed by atoms with Gasteiger partial charge in [-0.25, -0.2) is 13.7 Å². The first kappa shape index (κ1) is 17.5. The van der Waals surface area contributed by atoms with Gasteiger partial charge >= 0.3 is 6.09 Å². The van der Waals surface area contributed by atoms with Crippen LogP contribution in [0.3, 0.4) is 0 Å². The molecule has 1 fully saturated rings. The summed E-state index contributed by atoms with van der Waals surface area (Å²) < 4.78 is 20.4. The third kappa shape index (κ3) is 3.90. The summed E-state index contributed by atoms with van der Waals surface area (Å²) in [5, 5.41) is 0. The van der Waals surface area contributed by atoms with Crippen LogP contribution in [0.5, 0.6) is 0 Å². The van der Waals surface area contributed by atoms with Gasteiger partial charge < -0.3 is 4.74 Å². The van der Waals surface area contributed by atoms with Crippen LogP contribution in [0.25, 0.3) is 0 Å². The summed E-state index contributed by atoms with van der Waals surface area (Å²) in [7, 11) is -1.15. The second kappa shape index (κ2) is 5.96. The monoisotopic (exact) mass is 328 g/mol. The Labute approximate surface area is 136 Å². The first-order chi connectivity index (χ1) is 9.99. The van der Waals surface area contributed by atoms with E-state index in [9.17, 15) is 9.00 Å². The van der Waals surface area contributed by atoms with E-state index in [0.717, 1.165) is 25.0 Å². The summed E-state index contributed by atoms with van der Waals surface area (Å²) in [4.78, 5) is 14.2. The van der Waals surface area contributed by atoms with E-state index in [1.54, 1.807) is 4.90 Å². The molecule has 0 spiro atoms. The van der Waals surface area contributed by atoms with E-state index >= 15 is 0 Å². The molecule has 126 valence electrons. The molecule has 1 amide bonds. The zero-order valence-corrected chi connectivity index (χ0v) is 15.3. The number of rotatable bonds is 3. The van der Waals surface area contributed by atoms with E-state index in [0.29, 0.717) is 6.54 Å². The van der Waals surface area contributed by atoms with E-state index < -0.39 is 16.6 Å². The van der Waals surface area contributed by atoms with E-state index in [4.69, 9.17) is 4.74 Å². The van der Waals surface area contributed by atoms with Crippen LogP contribution >= 0.6 is 0 Å². The van der Waals surface area contributed by atoms with Gasteiger partial charge in [-0.1, -0.05) is 0 Å². The quantitative estimate of drug-likeness (QED) is 0.866. The number of ether oxygens (including phenoxy) is 1. The summed E-state index contributed by atoms with van der Waals surface area (Å²) in [6.45, 7) is 11.9. The predicted octanol–water partition coefficient (Wildman–Crippen LogP) is 3.10. The van der Waals surface area contributed by atoms with Crippen molar-refractivity contribution in [3.05, 3.63) is 11.3 Å². The highest BCUT2D eigenvalue weighted by Crippen LogP contribution is 2.41. The minimum Gasteiger partial charge on any atom is -0.443 e. The lowest BCUT2D eigenvalue weighted by Gasteiger charge is -2.32. The Balaban J connectivity index is 2.08. The van der Waals surface area contributed by atoms with Crippen molar-refractivity contribution >= 4 is 17.1 Å². The third-order valence-corrected chi connectivity index (χ3v) is 5.36. The highest BCUT2D eigenvalue weighted by Gasteiger charge is 2.42. The Kier molecular flexibility index (Phi) is 4.74. The van der Waals surface area contributed by atoms with Gasteiger partial charge in [0.1, 0.15) is 5.60 Å². The molecule has 2 bridgehead atoms. The fourth-order valence-corrected chi connectivity index (χ4v) is 3.53. The van der Waals surface area contributed by atoms with Gasteiger partial charge in [-0.3, -0.25) is 4.90 Å².